The molecule has 4 rings (SSSR count). The van der Waals surface area contributed by atoms with Crippen LogP contribution in [0.5, 0.6) is 0 Å². The molecule has 28 heavy (non-hydrogen) atoms. The number of anilines is 1. The molecule has 0 aliphatic carbocycles. The van der Waals surface area contributed by atoms with Crippen molar-refractivity contribution in [3.05, 3.63) is 70.1 Å². The van der Waals surface area contributed by atoms with Crippen molar-refractivity contribution < 1.29 is 9.18 Å². The molecule has 0 spiro atoms. The van der Waals surface area contributed by atoms with E-state index in [1.54, 1.807) is 19.3 Å². The molecule has 0 atom stereocenters. The first-order valence-corrected chi connectivity index (χ1v) is 9.22. The molecular formula is C19H14FN5O2S. The van der Waals surface area contributed by atoms with Crippen LogP contribution in [-0.2, 0) is 11.3 Å². The number of pyridine rings is 1. The van der Waals surface area contributed by atoms with Gasteiger partial charge in [0.15, 0.2) is 5.13 Å². The highest BCUT2D eigenvalue weighted by Crippen LogP contribution is 2.24. The van der Waals surface area contributed by atoms with Crippen LogP contribution in [0.25, 0.3) is 22.2 Å². The van der Waals surface area contributed by atoms with E-state index in [9.17, 15) is 14.0 Å². The number of aromatic nitrogens is 4. The Labute approximate surface area is 162 Å². The predicted molar refractivity (Wildman–Crippen MR) is 105 cm³/mol. The smallest absolute Gasteiger partial charge is 0.261 e. The van der Waals surface area contributed by atoms with Gasteiger partial charge in [-0.2, -0.15) is 0 Å². The topological polar surface area (TPSA) is 89.8 Å². The minimum atomic E-state index is -0.530. The van der Waals surface area contributed by atoms with E-state index in [4.69, 9.17) is 0 Å². The second-order valence-electron chi connectivity index (χ2n) is 6.03. The van der Waals surface area contributed by atoms with Crippen molar-refractivity contribution in [3.63, 3.8) is 0 Å². The van der Waals surface area contributed by atoms with Gasteiger partial charge in [0.25, 0.3) is 5.56 Å². The summed E-state index contributed by atoms with van der Waals surface area (Å²) in [6, 6.07) is 7.46. The number of hydrogen-bond acceptors (Lipinski definition) is 6. The van der Waals surface area contributed by atoms with Gasteiger partial charge in [0.2, 0.25) is 5.91 Å². The van der Waals surface area contributed by atoms with Crippen LogP contribution >= 0.6 is 11.3 Å². The molecule has 0 aliphatic rings. The summed E-state index contributed by atoms with van der Waals surface area (Å²) >= 11 is 1.28. The number of thiazole rings is 1. The van der Waals surface area contributed by atoms with Crippen molar-refractivity contribution in [1.82, 2.24) is 19.5 Å². The highest BCUT2D eigenvalue weighted by molar-refractivity contribution is 7.14. The van der Waals surface area contributed by atoms with Gasteiger partial charge in [0.05, 0.1) is 16.6 Å². The van der Waals surface area contributed by atoms with E-state index in [-0.39, 0.29) is 11.9 Å². The largest absolute Gasteiger partial charge is 0.300 e. The zero-order valence-electron chi connectivity index (χ0n) is 14.7. The van der Waals surface area contributed by atoms with Crippen LogP contribution in [0.15, 0.2) is 52.9 Å². The Morgan fingerprint density at radius 1 is 1.21 bits per heavy atom. The molecule has 4 aromatic rings. The molecule has 1 N–H and O–H groups in total. The first-order chi connectivity index (χ1) is 13.5. The fourth-order valence-corrected chi connectivity index (χ4v) is 3.51. The van der Waals surface area contributed by atoms with Crippen LogP contribution < -0.4 is 10.9 Å². The number of fused-ring (bicyclic) bond motifs is 1. The zero-order chi connectivity index (χ0) is 19.7. The number of rotatable bonds is 4. The number of carbonyl (C=O) groups excluding carboxylic acids is 1. The molecule has 0 bridgehead atoms. The molecule has 0 fully saturated rings. The number of nitrogens with one attached hydrogen (secondary N) is 1. The molecule has 3 heterocycles. The number of hydrogen-bond donors (Lipinski definition) is 1. The van der Waals surface area contributed by atoms with Crippen LogP contribution in [0.3, 0.4) is 0 Å². The Morgan fingerprint density at radius 3 is 2.79 bits per heavy atom. The summed E-state index contributed by atoms with van der Waals surface area (Å²) in [7, 11) is 0. The summed E-state index contributed by atoms with van der Waals surface area (Å²) < 4.78 is 14.7. The van der Waals surface area contributed by atoms with E-state index >= 15 is 0 Å². The van der Waals surface area contributed by atoms with Crippen LogP contribution in [0.4, 0.5) is 9.52 Å². The Morgan fingerprint density at radius 2 is 2.00 bits per heavy atom. The SMILES string of the molecule is Cc1nc2ccc(F)cc2c(=O)n1CC(=O)Nc1nc(-c2ccncc2)cs1. The molecule has 0 saturated carbocycles. The maximum Gasteiger partial charge on any atom is 0.261 e. The quantitative estimate of drug-likeness (QED) is 0.574. The molecule has 9 heteroatoms. The van der Waals surface area contributed by atoms with E-state index in [2.05, 4.69) is 20.3 Å². The van der Waals surface area contributed by atoms with Crippen molar-refractivity contribution in [2.45, 2.75) is 13.5 Å². The summed E-state index contributed by atoms with van der Waals surface area (Å²) in [5, 5.41) is 5.06. The van der Waals surface area contributed by atoms with Gasteiger partial charge in [-0.25, -0.2) is 14.4 Å². The molecule has 1 amide bonds. The zero-order valence-corrected chi connectivity index (χ0v) is 15.5. The van der Waals surface area contributed by atoms with Crippen molar-refractivity contribution in [2.75, 3.05) is 5.32 Å². The van der Waals surface area contributed by atoms with Gasteiger partial charge >= 0.3 is 0 Å². The maximum atomic E-state index is 13.5. The van der Waals surface area contributed by atoms with E-state index in [0.29, 0.717) is 16.5 Å². The second kappa shape index (κ2) is 7.28. The van der Waals surface area contributed by atoms with Gasteiger partial charge in [-0.3, -0.25) is 19.1 Å². The highest BCUT2D eigenvalue weighted by Gasteiger charge is 2.14. The molecule has 7 nitrogen and oxygen atoms in total. The number of aryl methyl sites for hydroxylation is 1. The van der Waals surface area contributed by atoms with Gasteiger partial charge in [-0.15, -0.1) is 11.3 Å². The fourth-order valence-electron chi connectivity index (χ4n) is 2.78. The number of amides is 1. The van der Waals surface area contributed by atoms with Crippen LogP contribution in [-0.4, -0.2) is 25.4 Å². The normalized spacial score (nSPS) is 10.9. The number of carbonyl (C=O) groups is 1. The number of benzene rings is 1. The van der Waals surface area contributed by atoms with Gasteiger partial charge in [0, 0.05) is 23.3 Å². The van der Waals surface area contributed by atoms with Crippen LogP contribution in [0.2, 0.25) is 0 Å². The van der Waals surface area contributed by atoms with E-state index in [0.717, 1.165) is 17.3 Å². The maximum absolute atomic E-state index is 13.5. The molecule has 1 aromatic carbocycles. The molecule has 3 aromatic heterocycles. The minimum Gasteiger partial charge on any atom is -0.300 e. The molecule has 0 aliphatic heterocycles. The Bertz CT molecular complexity index is 1240. The first-order valence-electron chi connectivity index (χ1n) is 8.34. The fraction of sp³-hybridized carbons (Fsp3) is 0.105. The first kappa shape index (κ1) is 17.9. The standard InChI is InChI=1S/C19H14FN5O2S/c1-11-22-15-3-2-13(20)8-14(15)18(27)25(11)9-17(26)24-19-23-16(10-28-19)12-4-6-21-7-5-12/h2-8,10H,9H2,1H3,(H,23,24,26). The Hall–Kier alpha value is -3.46. The van der Waals surface area contributed by atoms with Gasteiger partial charge in [-0.05, 0) is 37.3 Å². The second-order valence-corrected chi connectivity index (χ2v) is 6.89. The summed E-state index contributed by atoms with van der Waals surface area (Å²) in [6.07, 6.45) is 3.33. The lowest BCUT2D eigenvalue weighted by atomic mass is 10.2. The predicted octanol–water partition coefficient (Wildman–Crippen LogP) is 3.00. The third kappa shape index (κ3) is 3.52. The molecule has 140 valence electrons. The molecule has 0 saturated heterocycles. The van der Waals surface area contributed by atoms with Crippen LogP contribution in [0, 0.1) is 12.7 Å². The van der Waals surface area contributed by atoms with Crippen molar-refractivity contribution in [2.24, 2.45) is 0 Å². The van der Waals surface area contributed by atoms with Crippen molar-refractivity contribution >= 4 is 33.3 Å². The van der Waals surface area contributed by atoms with Crippen LogP contribution in [0.1, 0.15) is 5.82 Å². The van der Waals surface area contributed by atoms with E-state index in [1.807, 2.05) is 17.5 Å². The molecular weight excluding hydrogens is 381 g/mol. The summed E-state index contributed by atoms with van der Waals surface area (Å²) in [6.45, 7) is 1.39. The van der Waals surface area contributed by atoms with Gasteiger partial charge < -0.3 is 5.32 Å². The average molecular weight is 395 g/mol. The van der Waals surface area contributed by atoms with E-state index < -0.39 is 17.3 Å². The third-order valence-corrected chi connectivity index (χ3v) is 4.89. The molecule has 0 unspecified atom stereocenters. The van der Waals surface area contributed by atoms with Gasteiger partial charge in [0.1, 0.15) is 18.2 Å². The lowest BCUT2D eigenvalue weighted by Crippen LogP contribution is -2.30. The average Bonchev–Trinajstić information content (AvgIpc) is 3.15. The third-order valence-electron chi connectivity index (χ3n) is 4.14. The lowest BCUT2D eigenvalue weighted by molar-refractivity contribution is -0.116. The number of nitrogens with zero attached hydrogens (tertiary/aromatic N) is 4. The monoisotopic (exact) mass is 395 g/mol. The Balaban J connectivity index is 1.56. The summed E-state index contributed by atoms with van der Waals surface area (Å²) in [5.41, 5.74) is 1.54. The molecule has 0 radical (unpaired) electrons. The summed E-state index contributed by atoms with van der Waals surface area (Å²) in [5.74, 6) is -0.577. The van der Waals surface area contributed by atoms with E-state index in [1.165, 1.54) is 28.0 Å². The van der Waals surface area contributed by atoms with Crippen molar-refractivity contribution in [1.29, 1.82) is 0 Å². The minimum absolute atomic E-state index is 0.132. The highest BCUT2D eigenvalue weighted by atomic mass is 32.1. The van der Waals surface area contributed by atoms with Gasteiger partial charge in [-0.1, -0.05) is 0 Å². The number of halogens is 1. The van der Waals surface area contributed by atoms with Crippen molar-refractivity contribution in [3.8, 4) is 11.3 Å². The lowest BCUT2D eigenvalue weighted by Gasteiger charge is -2.10. The summed E-state index contributed by atoms with van der Waals surface area (Å²) in [4.78, 5) is 37.7. The Kier molecular flexibility index (Phi) is 4.66.